The number of carbonyl (C=O) groups is 1. The number of nitrogens with zero attached hydrogens (tertiary/aromatic N) is 2. The Labute approximate surface area is 133 Å². The molecule has 0 aliphatic rings. The molecule has 0 spiro atoms. The first-order valence-electron chi connectivity index (χ1n) is 6.80. The first-order valence-corrected chi connectivity index (χ1v) is 6.80. The van der Waals surface area contributed by atoms with Crippen LogP contribution in [0.3, 0.4) is 0 Å². The Morgan fingerprint density at radius 3 is 2.50 bits per heavy atom. The second kappa shape index (κ2) is 5.73. The van der Waals surface area contributed by atoms with Gasteiger partial charge in [-0.1, -0.05) is 6.07 Å². The zero-order valence-electron chi connectivity index (χ0n) is 12.0. The molecule has 2 aromatic carbocycles. The smallest absolute Gasteiger partial charge is 0.270 e. The Balaban J connectivity index is 2.16. The highest BCUT2D eigenvalue weighted by molar-refractivity contribution is 5.94. The maximum absolute atomic E-state index is 13.8. The first-order chi connectivity index (χ1) is 11.4. The van der Waals surface area contributed by atoms with Crippen LogP contribution in [0.4, 0.5) is 14.5 Å². The fourth-order valence-corrected chi connectivity index (χ4v) is 2.53. The Hall–Kier alpha value is -3.29. The molecule has 0 saturated heterocycles. The molecule has 0 fully saturated rings. The van der Waals surface area contributed by atoms with E-state index in [1.54, 1.807) is 0 Å². The van der Waals surface area contributed by atoms with E-state index in [9.17, 15) is 28.8 Å². The van der Waals surface area contributed by atoms with Crippen LogP contribution < -0.4 is 5.11 Å². The molecule has 0 unspecified atom stereocenters. The van der Waals surface area contributed by atoms with Crippen LogP contribution in [-0.2, 0) is 6.54 Å². The predicted molar refractivity (Wildman–Crippen MR) is 78.4 cm³/mol. The number of aromatic nitrogens is 1. The van der Waals surface area contributed by atoms with Gasteiger partial charge < -0.3 is 14.5 Å². The van der Waals surface area contributed by atoms with Gasteiger partial charge in [-0.15, -0.1) is 0 Å². The molecule has 0 aliphatic carbocycles. The second-order valence-corrected chi connectivity index (χ2v) is 5.14. The zero-order valence-corrected chi connectivity index (χ0v) is 12.0. The molecule has 0 amide bonds. The molecule has 1 heterocycles. The van der Waals surface area contributed by atoms with E-state index in [2.05, 4.69) is 0 Å². The Kier molecular flexibility index (Phi) is 3.72. The molecule has 1 aromatic heterocycles. The molecule has 0 bridgehead atoms. The lowest BCUT2D eigenvalue weighted by Crippen LogP contribution is -2.25. The number of carboxylic acids is 1. The number of hydrogen-bond donors (Lipinski definition) is 0. The van der Waals surface area contributed by atoms with E-state index in [-0.39, 0.29) is 23.5 Å². The molecular formula is C16H9F2N2O4-. The summed E-state index contributed by atoms with van der Waals surface area (Å²) in [6.07, 6.45) is 0. The number of non-ortho nitro benzene ring substituents is 1. The number of halogens is 2. The fraction of sp³-hybridized carbons (Fsp3) is 0.0625. The number of aromatic carboxylic acids is 1. The third kappa shape index (κ3) is 2.69. The Morgan fingerprint density at radius 1 is 1.12 bits per heavy atom. The molecule has 0 atom stereocenters. The van der Waals surface area contributed by atoms with E-state index in [1.807, 2.05) is 0 Å². The molecule has 0 N–H and O–H groups in total. The van der Waals surface area contributed by atoms with Crippen molar-refractivity contribution in [2.75, 3.05) is 0 Å². The van der Waals surface area contributed by atoms with Gasteiger partial charge in [0.1, 0.15) is 11.6 Å². The first kappa shape index (κ1) is 15.6. The molecule has 3 rings (SSSR count). The van der Waals surface area contributed by atoms with Gasteiger partial charge in [0.2, 0.25) is 0 Å². The minimum atomic E-state index is -1.50. The van der Waals surface area contributed by atoms with Crippen molar-refractivity contribution in [3.8, 4) is 0 Å². The number of carbonyl (C=O) groups excluding carboxylic acids is 1. The van der Waals surface area contributed by atoms with Crippen LogP contribution in [0, 0.1) is 21.7 Å². The standard InChI is InChI=1S/C16H10F2N2O4/c17-11-2-1-9(13(18)7-11)8-19-14-4-3-12(20(23)24)5-10(14)6-15(19)16(21)22/h1-7H,8H2,(H,21,22)/p-1. The van der Waals surface area contributed by atoms with Gasteiger partial charge in [0, 0.05) is 34.7 Å². The van der Waals surface area contributed by atoms with Gasteiger partial charge in [0.05, 0.1) is 23.1 Å². The Bertz CT molecular complexity index is 982. The number of carboxylic acid groups (broad SMARTS) is 1. The topological polar surface area (TPSA) is 88.2 Å². The van der Waals surface area contributed by atoms with Crippen molar-refractivity contribution in [3.63, 3.8) is 0 Å². The third-order valence-electron chi connectivity index (χ3n) is 3.65. The van der Waals surface area contributed by atoms with Crippen molar-refractivity contribution < 1.29 is 23.6 Å². The average Bonchev–Trinajstić information content (AvgIpc) is 2.88. The molecule has 0 radical (unpaired) electrons. The number of rotatable bonds is 4. The molecule has 3 aromatic rings. The number of fused-ring (bicyclic) bond motifs is 1. The monoisotopic (exact) mass is 331 g/mol. The molecule has 0 saturated carbocycles. The summed E-state index contributed by atoms with van der Waals surface area (Å²) in [6, 6.07) is 8.01. The highest BCUT2D eigenvalue weighted by Crippen LogP contribution is 2.26. The van der Waals surface area contributed by atoms with E-state index in [0.29, 0.717) is 17.0 Å². The summed E-state index contributed by atoms with van der Waals surface area (Å²) >= 11 is 0. The fourth-order valence-electron chi connectivity index (χ4n) is 2.53. The van der Waals surface area contributed by atoms with Crippen LogP contribution in [0.15, 0.2) is 42.5 Å². The normalized spacial score (nSPS) is 10.9. The largest absolute Gasteiger partial charge is 0.543 e. The molecular weight excluding hydrogens is 322 g/mol. The zero-order chi connectivity index (χ0) is 17.4. The van der Waals surface area contributed by atoms with Crippen LogP contribution in [0.5, 0.6) is 0 Å². The van der Waals surface area contributed by atoms with Crippen molar-refractivity contribution in [2.45, 2.75) is 6.54 Å². The minimum absolute atomic E-state index is 0.0785. The molecule has 24 heavy (non-hydrogen) atoms. The van der Waals surface area contributed by atoms with Gasteiger partial charge in [0.25, 0.3) is 5.69 Å². The summed E-state index contributed by atoms with van der Waals surface area (Å²) in [5, 5.41) is 22.5. The second-order valence-electron chi connectivity index (χ2n) is 5.14. The summed E-state index contributed by atoms with van der Waals surface area (Å²) in [6.45, 7) is -0.184. The summed E-state index contributed by atoms with van der Waals surface area (Å²) in [4.78, 5) is 21.5. The van der Waals surface area contributed by atoms with Crippen LogP contribution in [0.25, 0.3) is 10.9 Å². The quantitative estimate of drug-likeness (QED) is 0.542. The van der Waals surface area contributed by atoms with Crippen LogP contribution >= 0.6 is 0 Å². The van der Waals surface area contributed by atoms with Crippen LogP contribution in [-0.4, -0.2) is 15.5 Å². The summed E-state index contributed by atoms with van der Waals surface area (Å²) in [5.41, 5.74) is -0.00925. The Morgan fingerprint density at radius 2 is 1.88 bits per heavy atom. The lowest BCUT2D eigenvalue weighted by Gasteiger charge is -2.12. The summed E-state index contributed by atoms with van der Waals surface area (Å²) in [7, 11) is 0. The highest BCUT2D eigenvalue weighted by Gasteiger charge is 2.15. The average molecular weight is 331 g/mol. The van der Waals surface area contributed by atoms with Gasteiger partial charge >= 0.3 is 0 Å². The van der Waals surface area contributed by atoms with Crippen molar-refractivity contribution >= 4 is 22.6 Å². The van der Waals surface area contributed by atoms with Crippen LogP contribution in [0.2, 0.25) is 0 Å². The van der Waals surface area contributed by atoms with Gasteiger partial charge in [0.15, 0.2) is 0 Å². The van der Waals surface area contributed by atoms with Gasteiger partial charge in [-0.25, -0.2) is 8.78 Å². The van der Waals surface area contributed by atoms with Crippen molar-refractivity contribution in [1.29, 1.82) is 0 Å². The summed E-state index contributed by atoms with van der Waals surface area (Å²) in [5.74, 6) is -3.07. The molecule has 6 nitrogen and oxygen atoms in total. The highest BCUT2D eigenvalue weighted by atomic mass is 19.1. The van der Waals surface area contributed by atoms with E-state index >= 15 is 0 Å². The third-order valence-corrected chi connectivity index (χ3v) is 3.65. The van der Waals surface area contributed by atoms with Gasteiger partial charge in [-0.2, -0.15) is 0 Å². The van der Waals surface area contributed by atoms with Gasteiger partial charge in [-0.3, -0.25) is 10.1 Å². The molecule has 0 aliphatic heterocycles. The predicted octanol–water partition coefficient (Wildman–Crippen LogP) is 2.24. The SMILES string of the molecule is O=C([O-])c1cc2cc([N+](=O)[O-])ccc2n1Cc1ccc(F)cc1F. The number of hydrogen-bond acceptors (Lipinski definition) is 4. The van der Waals surface area contributed by atoms with E-state index in [4.69, 9.17) is 0 Å². The van der Waals surface area contributed by atoms with Crippen molar-refractivity contribution in [3.05, 3.63) is 75.5 Å². The summed E-state index contributed by atoms with van der Waals surface area (Å²) < 4.78 is 28.1. The maximum atomic E-state index is 13.8. The van der Waals surface area contributed by atoms with Crippen molar-refractivity contribution in [1.82, 2.24) is 4.57 Å². The number of nitro groups is 1. The number of benzene rings is 2. The van der Waals surface area contributed by atoms with Crippen molar-refractivity contribution in [2.24, 2.45) is 0 Å². The lowest BCUT2D eigenvalue weighted by atomic mass is 10.2. The van der Waals surface area contributed by atoms with E-state index in [1.165, 1.54) is 34.9 Å². The molecule has 122 valence electrons. The van der Waals surface area contributed by atoms with E-state index in [0.717, 1.165) is 6.07 Å². The van der Waals surface area contributed by atoms with Gasteiger partial charge in [-0.05, 0) is 18.2 Å². The van der Waals surface area contributed by atoms with E-state index < -0.39 is 22.5 Å². The maximum Gasteiger partial charge on any atom is 0.270 e. The minimum Gasteiger partial charge on any atom is -0.543 e. The molecule has 8 heteroatoms. The lowest BCUT2D eigenvalue weighted by molar-refractivity contribution is -0.384. The number of nitro benzene ring substituents is 1. The van der Waals surface area contributed by atoms with Crippen LogP contribution in [0.1, 0.15) is 16.1 Å².